The summed E-state index contributed by atoms with van der Waals surface area (Å²) in [7, 11) is 1.63. The highest BCUT2D eigenvalue weighted by Gasteiger charge is 2.19. The molecule has 1 rings (SSSR count). The summed E-state index contributed by atoms with van der Waals surface area (Å²) in [5, 5.41) is 17.3. The van der Waals surface area contributed by atoms with Crippen LogP contribution in [0.1, 0.15) is 18.9 Å². The van der Waals surface area contributed by atoms with E-state index in [1.54, 1.807) is 31.1 Å². The van der Waals surface area contributed by atoms with Crippen molar-refractivity contribution < 1.29 is 9.84 Å². The first kappa shape index (κ1) is 13.9. The molecule has 0 aliphatic rings. The summed E-state index contributed by atoms with van der Waals surface area (Å²) in [4.78, 5) is 0. The Morgan fingerprint density at radius 1 is 1.71 bits per heavy atom. The molecular weight excluding hydrogens is 218 g/mol. The highest BCUT2D eigenvalue weighted by Crippen LogP contribution is 2.08. The van der Waals surface area contributed by atoms with Crippen LogP contribution in [0.5, 0.6) is 0 Å². The summed E-state index contributed by atoms with van der Waals surface area (Å²) in [6, 6.07) is 0. The Hall–Kier alpha value is -1.17. The van der Waals surface area contributed by atoms with Crippen molar-refractivity contribution in [2.24, 2.45) is 0 Å². The average molecular weight is 239 g/mol. The van der Waals surface area contributed by atoms with E-state index < -0.39 is 5.60 Å². The van der Waals surface area contributed by atoms with E-state index in [2.05, 4.69) is 17.0 Å². The van der Waals surface area contributed by atoms with E-state index in [0.29, 0.717) is 26.1 Å². The van der Waals surface area contributed by atoms with Crippen molar-refractivity contribution in [1.82, 2.24) is 15.1 Å². The lowest BCUT2D eigenvalue weighted by Crippen LogP contribution is -2.38. The summed E-state index contributed by atoms with van der Waals surface area (Å²) in [5.41, 5.74) is 0.317. The van der Waals surface area contributed by atoms with Gasteiger partial charge in [-0.25, -0.2) is 4.68 Å². The molecule has 96 valence electrons. The highest BCUT2D eigenvalue weighted by atomic mass is 16.5. The number of ether oxygens (including phenoxy) is 1. The molecule has 0 saturated carbocycles. The maximum absolute atomic E-state index is 10.00. The fourth-order valence-electron chi connectivity index (χ4n) is 1.45. The minimum atomic E-state index is -0.746. The van der Waals surface area contributed by atoms with E-state index in [1.165, 1.54) is 0 Å². The van der Waals surface area contributed by atoms with Gasteiger partial charge in [0.15, 0.2) is 0 Å². The molecule has 0 bridgehead atoms. The molecule has 1 atom stereocenters. The molecule has 0 spiro atoms. The Morgan fingerprint density at radius 2 is 2.47 bits per heavy atom. The molecule has 5 nitrogen and oxygen atoms in total. The van der Waals surface area contributed by atoms with Gasteiger partial charge in [0.05, 0.1) is 11.8 Å². The van der Waals surface area contributed by atoms with E-state index in [4.69, 9.17) is 4.74 Å². The van der Waals surface area contributed by atoms with Gasteiger partial charge in [-0.05, 0) is 6.92 Å². The predicted octanol–water partition coefficient (Wildman–Crippen LogP) is 0.861. The normalized spacial score (nSPS) is 14.5. The molecule has 2 N–H and O–H groups in total. The Morgan fingerprint density at radius 3 is 3.06 bits per heavy atom. The van der Waals surface area contributed by atoms with Crippen molar-refractivity contribution >= 4 is 6.20 Å². The highest BCUT2D eigenvalue weighted by molar-refractivity contribution is 5.17. The van der Waals surface area contributed by atoms with Gasteiger partial charge in [0.25, 0.3) is 0 Å². The predicted molar refractivity (Wildman–Crippen MR) is 67.4 cm³/mol. The summed E-state index contributed by atoms with van der Waals surface area (Å²) in [5.74, 6) is 0. The van der Waals surface area contributed by atoms with Crippen LogP contribution in [0.4, 0.5) is 0 Å². The van der Waals surface area contributed by atoms with Crippen LogP contribution in [0.3, 0.4) is 0 Å². The molecule has 1 unspecified atom stereocenters. The van der Waals surface area contributed by atoms with E-state index in [9.17, 15) is 5.11 Å². The minimum Gasteiger partial charge on any atom is -0.389 e. The van der Waals surface area contributed by atoms with Gasteiger partial charge in [-0.3, -0.25) is 0 Å². The maximum Gasteiger partial charge on any atom is 0.0765 e. The monoisotopic (exact) mass is 239 g/mol. The Kier molecular flexibility index (Phi) is 5.34. The van der Waals surface area contributed by atoms with Crippen LogP contribution in [0, 0.1) is 0 Å². The molecule has 1 aromatic rings. The zero-order valence-corrected chi connectivity index (χ0v) is 10.5. The van der Waals surface area contributed by atoms with Gasteiger partial charge < -0.3 is 15.2 Å². The SMILES string of the molecule is C=Cn1cc(CNCC(C)(O)CCOC)cn1. The summed E-state index contributed by atoms with van der Waals surface area (Å²) in [6.07, 6.45) is 5.92. The number of aliphatic hydroxyl groups is 1. The third-order valence-corrected chi connectivity index (χ3v) is 2.52. The van der Waals surface area contributed by atoms with Gasteiger partial charge in [0.1, 0.15) is 0 Å². The number of aromatic nitrogens is 2. The topological polar surface area (TPSA) is 59.3 Å². The van der Waals surface area contributed by atoms with E-state index in [1.807, 2.05) is 6.20 Å². The van der Waals surface area contributed by atoms with Crippen LogP contribution in [0.15, 0.2) is 19.0 Å². The second-order valence-corrected chi connectivity index (χ2v) is 4.35. The Bertz CT molecular complexity index is 347. The standard InChI is InChI=1S/C12H21N3O2/c1-4-15-9-11(8-14-15)7-13-10-12(2,16)5-6-17-3/h4,8-9,13,16H,1,5-7,10H2,2-3H3. The lowest BCUT2D eigenvalue weighted by atomic mass is 10.0. The second-order valence-electron chi connectivity index (χ2n) is 4.35. The molecule has 0 aromatic carbocycles. The van der Waals surface area contributed by atoms with Gasteiger partial charge in [0.2, 0.25) is 0 Å². The van der Waals surface area contributed by atoms with E-state index in [0.717, 1.165) is 5.56 Å². The van der Waals surface area contributed by atoms with Crippen molar-refractivity contribution in [3.05, 3.63) is 24.5 Å². The maximum atomic E-state index is 10.00. The number of hydrogen-bond acceptors (Lipinski definition) is 4. The number of rotatable bonds is 8. The van der Waals surface area contributed by atoms with Crippen molar-refractivity contribution in [3.63, 3.8) is 0 Å². The molecule has 5 heteroatoms. The van der Waals surface area contributed by atoms with Gasteiger partial charge in [-0.2, -0.15) is 5.10 Å². The largest absolute Gasteiger partial charge is 0.389 e. The minimum absolute atomic E-state index is 0.523. The fourth-order valence-corrected chi connectivity index (χ4v) is 1.45. The quantitative estimate of drug-likeness (QED) is 0.706. The first-order valence-electron chi connectivity index (χ1n) is 5.65. The Balaban J connectivity index is 2.29. The summed E-state index contributed by atoms with van der Waals surface area (Å²) >= 11 is 0. The molecule has 0 aliphatic carbocycles. The third kappa shape index (κ3) is 5.12. The van der Waals surface area contributed by atoms with Crippen molar-refractivity contribution in [2.45, 2.75) is 25.5 Å². The van der Waals surface area contributed by atoms with E-state index >= 15 is 0 Å². The lowest BCUT2D eigenvalue weighted by molar-refractivity contribution is 0.0247. The number of nitrogens with zero attached hydrogens (tertiary/aromatic N) is 2. The van der Waals surface area contributed by atoms with Crippen molar-refractivity contribution in [3.8, 4) is 0 Å². The van der Waals surface area contributed by atoms with Crippen LogP contribution in [0.2, 0.25) is 0 Å². The lowest BCUT2D eigenvalue weighted by Gasteiger charge is -2.23. The van der Waals surface area contributed by atoms with Gasteiger partial charge in [-0.1, -0.05) is 6.58 Å². The average Bonchev–Trinajstić information content (AvgIpc) is 2.74. The van der Waals surface area contributed by atoms with Gasteiger partial charge in [-0.15, -0.1) is 0 Å². The van der Waals surface area contributed by atoms with Gasteiger partial charge >= 0.3 is 0 Å². The van der Waals surface area contributed by atoms with E-state index in [-0.39, 0.29) is 0 Å². The number of nitrogens with one attached hydrogen (secondary N) is 1. The molecule has 0 amide bonds. The molecule has 0 fully saturated rings. The number of hydrogen-bond donors (Lipinski definition) is 2. The first-order valence-corrected chi connectivity index (χ1v) is 5.65. The molecule has 0 aliphatic heterocycles. The molecular formula is C12H21N3O2. The van der Waals surface area contributed by atoms with Crippen LogP contribution < -0.4 is 5.32 Å². The molecule has 0 saturated heterocycles. The number of methoxy groups -OCH3 is 1. The molecule has 1 heterocycles. The van der Waals surface area contributed by atoms with Crippen LogP contribution >= 0.6 is 0 Å². The summed E-state index contributed by atoms with van der Waals surface area (Å²) in [6.45, 7) is 7.18. The smallest absolute Gasteiger partial charge is 0.0765 e. The molecule has 1 aromatic heterocycles. The first-order chi connectivity index (χ1) is 8.07. The summed E-state index contributed by atoms with van der Waals surface area (Å²) < 4.78 is 6.60. The molecule has 17 heavy (non-hydrogen) atoms. The van der Waals surface area contributed by atoms with Crippen LogP contribution in [-0.2, 0) is 11.3 Å². The fraction of sp³-hybridized carbons (Fsp3) is 0.583. The third-order valence-electron chi connectivity index (χ3n) is 2.52. The Labute approximate surface area is 102 Å². The zero-order valence-electron chi connectivity index (χ0n) is 10.5. The second kappa shape index (κ2) is 6.54. The zero-order chi connectivity index (χ0) is 12.7. The van der Waals surface area contributed by atoms with Crippen LogP contribution in [0.25, 0.3) is 6.20 Å². The van der Waals surface area contributed by atoms with Crippen molar-refractivity contribution in [1.29, 1.82) is 0 Å². The molecule has 0 radical (unpaired) electrons. The van der Waals surface area contributed by atoms with Gasteiger partial charge in [0, 0.05) is 51.2 Å². The van der Waals surface area contributed by atoms with Crippen molar-refractivity contribution in [2.75, 3.05) is 20.3 Å². The van der Waals surface area contributed by atoms with Crippen LogP contribution in [-0.4, -0.2) is 40.7 Å².